The molecule has 0 atom stereocenters. The quantitative estimate of drug-likeness (QED) is 0.534. The van der Waals surface area contributed by atoms with Gasteiger partial charge in [0.2, 0.25) is 10.0 Å². The highest BCUT2D eigenvalue weighted by Gasteiger charge is 2.35. The second kappa shape index (κ2) is 8.47. The molecule has 0 saturated heterocycles. The Balaban J connectivity index is 2.41. The molecule has 8 nitrogen and oxygen atoms in total. The first kappa shape index (κ1) is 22.8. The number of aromatic carboxylic acids is 1. The van der Waals surface area contributed by atoms with Crippen molar-refractivity contribution < 1.29 is 46.1 Å². The van der Waals surface area contributed by atoms with Gasteiger partial charge < -0.3 is 14.9 Å². The van der Waals surface area contributed by atoms with Crippen LogP contribution in [0.15, 0.2) is 24.3 Å². The van der Waals surface area contributed by atoms with Gasteiger partial charge in [0.25, 0.3) is 0 Å². The molecule has 0 radical (unpaired) electrons. The standard InChI is InChI=1S/C15H11ClF3NO7S2/c16-10-11(27-5-9(21)22)13(14(23)24)28-12(10)7-2-1-3-8(4-7)20-29(25,26)6-15(17,18)19/h1-4,20H,5-6H2,(H,21,22)(H,23,24). The Kier molecular flexibility index (Phi) is 6.65. The molecule has 0 aliphatic heterocycles. The Labute approximate surface area is 170 Å². The molecular weight excluding hydrogens is 463 g/mol. The van der Waals surface area contributed by atoms with E-state index in [0.717, 1.165) is 6.07 Å². The predicted molar refractivity (Wildman–Crippen MR) is 98.3 cm³/mol. The molecular formula is C15H11ClF3NO7S2. The number of carbonyl (C=O) groups is 2. The third-order valence-electron chi connectivity index (χ3n) is 3.10. The number of halogens is 4. The molecule has 158 valence electrons. The van der Waals surface area contributed by atoms with E-state index in [1.165, 1.54) is 18.2 Å². The van der Waals surface area contributed by atoms with Crippen molar-refractivity contribution in [2.75, 3.05) is 17.1 Å². The minimum atomic E-state index is -4.94. The second-order valence-electron chi connectivity index (χ2n) is 5.45. The van der Waals surface area contributed by atoms with Gasteiger partial charge in [-0.1, -0.05) is 23.7 Å². The second-order valence-corrected chi connectivity index (χ2v) is 8.57. The third-order valence-corrected chi connectivity index (χ3v) is 6.03. The van der Waals surface area contributed by atoms with Crippen molar-refractivity contribution in [2.45, 2.75) is 6.18 Å². The van der Waals surface area contributed by atoms with Gasteiger partial charge in [0.05, 0.1) is 4.88 Å². The number of nitrogens with one attached hydrogen (secondary N) is 1. The molecule has 2 aromatic rings. The first-order chi connectivity index (χ1) is 13.3. The molecule has 0 bridgehead atoms. The van der Waals surface area contributed by atoms with Crippen molar-refractivity contribution in [1.82, 2.24) is 0 Å². The number of carboxylic acids is 2. The van der Waals surface area contributed by atoms with Crippen LogP contribution in [0.3, 0.4) is 0 Å². The number of hydrogen-bond donors (Lipinski definition) is 3. The molecule has 1 aromatic carbocycles. The summed E-state index contributed by atoms with van der Waals surface area (Å²) < 4.78 is 67.0. The molecule has 0 aliphatic carbocycles. The minimum absolute atomic E-state index is 0.0984. The van der Waals surface area contributed by atoms with Crippen molar-refractivity contribution in [3.63, 3.8) is 0 Å². The Morgan fingerprint density at radius 1 is 1.24 bits per heavy atom. The fourth-order valence-electron chi connectivity index (χ4n) is 2.14. The third kappa shape index (κ3) is 6.24. The highest BCUT2D eigenvalue weighted by Crippen LogP contribution is 2.45. The highest BCUT2D eigenvalue weighted by atomic mass is 35.5. The number of sulfonamides is 1. The van der Waals surface area contributed by atoms with Crippen LogP contribution in [0, 0.1) is 0 Å². The van der Waals surface area contributed by atoms with Crippen LogP contribution in [0.5, 0.6) is 5.75 Å². The maximum atomic E-state index is 12.4. The van der Waals surface area contributed by atoms with Crippen molar-refractivity contribution in [2.24, 2.45) is 0 Å². The number of anilines is 1. The van der Waals surface area contributed by atoms with Gasteiger partial charge in [0.15, 0.2) is 23.0 Å². The summed E-state index contributed by atoms with van der Waals surface area (Å²) in [6.07, 6.45) is -4.94. The fourth-order valence-corrected chi connectivity index (χ4v) is 4.53. The Morgan fingerprint density at radius 2 is 1.90 bits per heavy atom. The van der Waals surface area contributed by atoms with Gasteiger partial charge in [-0.2, -0.15) is 13.2 Å². The van der Waals surface area contributed by atoms with E-state index in [9.17, 15) is 36.3 Å². The zero-order chi connectivity index (χ0) is 22.0. The van der Waals surface area contributed by atoms with E-state index in [1.54, 1.807) is 4.72 Å². The van der Waals surface area contributed by atoms with Crippen LogP contribution in [0.4, 0.5) is 18.9 Å². The molecule has 0 spiro atoms. The number of rotatable bonds is 8. The maximum absolute atomic E-state index is 12.4. The van der Waals surface area contributed by atoms with E-state index in [4.69, 9.17) is 21.4 Å². The van der Waals surface area contributed by atoms with Crippen molar-refractivity contribution in [1.29, 1.82) is 0 Å². The average Bonchev–Trinajstić information content (AvgIpc) is 2.87. The largest absolute Gasteiger partial charge is 0.479 e. The lowest BCUT2D eigenvalue weighted by atomic mass is 10.1. The van der Waals surface area contributed by atoms with Gasteiger partial charge in [-0.25, -0.2) is 18.0 Å². The smallest absolute Gasteiger partial charge is 0.404 e. The Morgan fingerprint density at radius 3 is 2.45 bits per heavy atom. The summed E-state index contributed by atoms with van der Waals surface area (Å²) >= 11 is 6.73. The van der Waals surface area contributed by atoms with Gasteiger partial charge >= 0.3 is 18.1 Å². The monoisotopic (exact) mass is 473 g/mol. The fraction of sp³-hybridized carbons (Fsp3) is 0.200. The molecule has 0 fully saturated rings. The van der Waals surface area contributed by atoms with Crippen LogP contribution in [0.1, 0.15) is 9.67 Å². The highest BCUT2D eigenvalue weighted by molar-refractivity contribution is 7.92. The molecule has 0 unspecified atom stereocenters. The summed E-state index contributed by atoms with van der Waals surface area (Å²) in [5.74, 6) is -5.28. The van der Waals surface area contributed by atoms with Crippen LogP contribution in [-0.4, -0.2) is 49.1 Å². The van der Waals surface area contributed by atoms with Crippen LogP contribution in [-0.2, 0) is 14.8 Å². The first-order valence-corrected chi connectivity index (χ1v) is 10.2. The Hall–Kier alpha value is -2.51. The van der Waals surface area contributed by atoms with Gasteiger partial charge in [-0.15, -0.1) is 11.3 Å². The number of carboxylic acid groups (broad SMARTS) is 2. The summed E-state index contributed by atoms with van der Waals surface area (Å²) in [6, 6.07) is 5.07. The average molecular weight is 474 g/mol. The van der Waals surface area contributed by atoms with E-state index < -0.39 is 45.4 Å². The number of ether oxygens (including phenoxy) is 1. The Bertz CT molecular complexity index is 1050. The normalized spacial score (nSPS) is 11.9. The summed E-state index contributed by atoms with van der Waals surface area (Å²) in [7, 11) is -4.72. The van der Waals surface area contributed by atoms with E-state index in [1.807, 2.05) is 0 Å². The lowest BCUT2D eigenvalue weighted by Gasteiger charge is -2.11. The molecule has 1 heterocycles. The SMILES string of the molecule is O=C(O)COc1c(C(=O)O)sc(-c2cccc(NS(=O)(=O)CC(F)(F)F)c2)c1Cl. The summed E-state index contributed by atoms with van der Waals surface area (Å²) in [4.78, 5) is 21.7. The molecule has 0 amide bonds. The topological polar surface area (TPSA) is 130 Å². The minimum Gasteiger partial charge on any atom is -0.479 e. The van der Waals surface area contributed by atoms with E-state index in [0.29, 0.717) is 11.3 Å². The molecule has 14 heteroatoms. The molecule has 2 rings (SSSR count). The number of benzene rings is 1. The van der Waals surface area contributed by atoms with E-state index in [2.05, 4.69) is 0 Å². The number of aliphatic carboxylic acids is 1. The van der Waals surface area contributed by atoms with Gasteiger partial charge in [-0.05, 0) is 17.7 Å². The van der Waals surface area contributed by atoms with Crippen molar-refractivity contribution in [3.8, 4) is 16.2 Å². The summed E-state index contributed by atoms with van der Waals surface area (Å²) in [5, 5.41) is 17.7. The van der Waals surface area contributed by atoms with Crippen molar-refractivity contribution >= 4 is 50.6 Å². The van der Waals surface area contributed by atoms with Crippen molar-refractivity contribution in [3.05, 3.63) is 34.2 Å². The number of alkyl halides is 3. The number of thiophene rings is 1. The van der Waals surface area contributed by atoms with E-state index >= 15 is 0 Å². The zero-order valence-electron chi connectivity index (χ0n) is 14.0. The zero-order valence-corrected chi connectivity index (χ0v) is 16.4. The van der Waals surface area contributed by atoms with Crippen LogP contribution in [0.2, 0.25) is 5.02 Å². The van der Waals surface area contributed by atoms with Gasteiger partial charge in [0, 0.05) is 5.69 Å². The molecule has 0 aliphatic rings. The lowest BCUT2D eigenvalue weighted by molar-refractivity contribution is -0.139. The molecule has 0 saturated carbocycles. The summed E-state index contributed by atoms with van der Waals surface area (Å²) in [5.41, 5.74) is -0.0269. The molecule has 3 N–H and O–H groups in total. The first-order valence-electron chi connectivity index (χ1n) is 7.37. The van der Waals surface area contributed by atoms with Gasteiger partial charge in [-0.3, -0.25) is 4.72 Å². The van der Waals surface area contributed by atoms with E-state index in [-0.39, 0.29) is 26.9 Å². The predicted octanol–water partition coefficient (Wildman–Crippen LogP) is 3.53. The van der Waals surface area contributed by atoms with Crippen LogP contribution < -0.4 is 9.46 Å². The molecule has 1 aromatic heterocycles. The summed E-state index contributed by atoms with van der Waals surface area (Å²) in [6.45, 7) is -0.854. The van der Waals surface area contributed by atoms with Crippen LogP contribution >= 0.6 is 22.9 Å². The van der Waals surface area contributed by atoms with Gasteiger partial charge in [0.1, 0.15) is 5.02 Å². The van der Waals surface area contributed by atoms with Crippen LogP contribution in [0.25, 0.3) is 10.4 Å². The maximum Gasteiger partial charge on any atom is 0.404 e. The lowest BCUT2D eigenvalue weighted by Crippen LogP contribution is -2.27. The number of hydrogen-bond acceptors (Lipinski definition) is 6. The molecule has 29 heavy (non-hydrogen) atoms.